The van der Waals surface area contributed by atoms with Gasteiger partial charge in [-0.25, -0.2) is 0 Å². The van der Waals surface area contributed by atoms with Crippen LogP contribution in [0.4, 0.5) is 5.69 Å². The van der Waals surface area contributed by atoms with E-state index in [2.05, 4.69) is 12.2 Å². The van der Waals surface area contributed by atoms with Gasteiger partial charge in [-0.15, -0.1) is 0 Å². The normalized spacial score (nSPS) is 10.4. The van der Waals surface area contributed by atoms with Crippen molar-refractivity contribution in [2.45, 2.75) is 26.7 Å². The van der Waals surface area contributed by atoms with Gasteiger partial charge >= 0.3 is 0 Å². The first-order valence-electron chi connectivity index (χ1n) is 7.60. The topological polar surface area (TPSA) is 58.6 Å². The Morgan fingerprint density at radius 2 is 1.91 bits per heavy atom. The van der Waals surface area contributed by atoms with Gasteiger partial charge in [-0.1, -0.05) is 37.1 Å². The third kappa shape index (κ3) is 4.39. The largest absolute Gasteiger partial charge is 0.503 e. The molecule has 0 unspecified atom stereocenters. The quantitative estimate of drug-likeness (QED) is 0.809. The van der Waals surface area contributed by atoms with Crippen LogP contribution < -0.4 is 10.1 Å². The summed E-state index contributed by atoms with van der Waals surface area (Å²) in [5.74, 6) is -0.270. The summed E-state index contributed by atoms with van der Waals surface area (Å²) in [6, 6.07) is 10.6. The Kier molecular flexibility index (Phi) is 5.88. The highest BCUT2D eigenvalue weighted by atomic mass is 35.5. The molecule has 0 aliphatic carbocycles. The Morgan fingerprint density at radius 1 is 1.22 bits per heavy atom. The lowest BCUT2D eigenvalue weighted by Gasteiger charge is -2.11. The fourth-order valence-corrected chi connectivity index (χ4v) is 2.43. The number of carbonyl (C=O) groups is 1. The number of hydrogen-bond donors (Lipinski definition) is 2. The van der Waals surface area contributed by atoms with Crippen LogP contribution in [0.25, 0.3) is 0 Å². The third-order valence-corrected chi connectivity index (χ3v) is 3.63. The Labute approximate surface area is 141 Å². The number of anilines is 1. The number of phenols is 1. The molecule has 0 saturated carbocycles. The summed E-state index contributed by atoms with van der Waals surface area (Å²) in [7, 11) is 0. The summed E-state index contributed by atoms with van der Waals surface area (Å²) < 4.78 is 5.29. The number of hydrogen-bond acceptors (Lipinski definition) is 3. The first-order valence-corrected chi connectivity index (χ1v) is 7.98. The van der Waals surface area contributed by atoms with Crippen LogP contribution in [0.3, 0.4) is 0 Å². The van der Waals surface area contributed by atoms with Crippen molar-refractivity contribution in [2.24, 2.45) is 0 Å². The summed E-state index contributed by atoms with van der Waals surface area (Å²) in [4.78, 5) is 12.3. The van der Waals surface area contributed by atoms with Crippen molar-refractivity contribution in [1.82, 2.24) is 0 Å². The second-order valence-corrected chi connectivity index (χ2v) is 5.55. The minimum atomic E-state index is -0.309. The molecular weight excluding hydrogens is 314 g/mol. The van der Waals surface area contributed by atoms with Gasteiger partial charge in [-0.05, 0) is 43.2 Å². The maximum atomic E-state index is 12.3. The van der Waals surface area contributed by atoms with Crippen LogP contribution in [0.1, 0.15) is 36.2 Å². The minimum absolute atomic E-state index is 0.0828. The number of benzene rings is 2. The van der Waals surface area contributed by atoms with E-state index in [0.29, 0.717) is 17.9 Å². The van der Waals surface area contributed by atoms with Crippen molar-refractivity contribution in [1.29, 1.82) is 0 Å². The molecule has 0 fully saturated rings. The highest BCUT2D eigenvalue weighted by Crippen LogP contribution is 2.35. The molecule has 0 spiro atoms. The number of phenolic OH excluding ortho intramolecular Hbond substituents is 1. The molecule has 2 aromatic rings. The Bertz CT molecular complexity index is 683. The van der Waals surface area contributed by atoms with Gasteiger partial charge in [0.05, 0.1) is 11.6 Å². The molecule has 1 amide bonds. The van der Waals surface area contributed by atoms with Crippen LogP contribution in [0, 0.1) is 0 Å². The van der Waals surface area contributed by atoms with Gasteiger partial charge in [0.2, 0.25) is 0 Å². The minimum Gasteiger partial charge on any atom is -0.503 e. The molecule has 23 heavy (non-hydrogen) atoms. The average Bonchev–Trinajstić information content (AvgIpc) is 2.54. The van der Waals surface area contributed by atoms with Crippen LogP contribution in [0.15, 0.2) is 36.4 Å². The zero-order valence-corrected chi connectivity index (χ0v) is 14.0. The van der Waals surface area contributed by atoms with Gasteiger partial charge in [-0.3, -0.25) is 4.79 Å². The molecule has 4 nitrogen and oxygen atoms in total. The fourth-order valence-electron chi connectivity index (χ4n) is 2.22. The van der Waals surface area contributed by atoms with E-state index < -0.39 is 0 Å². The highest BCUT2D eigenvalue weighted by molar-refractivity contribution is 6.32. The lowest BCUT2D eigenvalue weighted by Crippen LogP contribution is -2.12. The predicted octanol–water partition coefficient (Wildman–Crippen LogP) is 4.65. The monoisotopic (exact) mass is 333 g/mol. The van der Waals surface area contributed by atoms with E-state index in [-0.39, 0.29) is 22.4 Å². The smallest absolute Gasteiger partial charge is 0.255 e. The van der Waals surface area contributed by atoms with E-state index in [9.17, 15) is 9.90 Å². The van der Waals surface area contributed by atoms with Gasteiger partial charge < -0.3 is 15.2 Å². The first-order chi connectivity index (χ1) is 11.0. The van der Waals surface area contributed by atoms with Crippen molar-refractivity contribution >= 4 is 23.2 Å². The highest BCUT2D eigenvalue weighted by Gasteiger charge is 2.14. The molecule has 0 aliphatic rings. The summed E-state index contributed by atoms with van der Waals surface area (Å²) in [5, 5.41) is 12.7. The van der Waals surface area contributed by atoms with Crippen LogP contribution in [0.5, 0.6) is 11.5 Å². The number of halogens is 1. The van der Waals surface area contributed by atoms with Gasteiger partial charge in [-0.2, -0.15) is 0 Å². The number of nitrogens with one attached hydrogen (secondary N) is 1. The standard InChI is InChI=1S/C18H20ClNO3/c1-3-5-12-6-8-14(9-7-12)20-18(22)13-10-15(19)17(21)16(11-13)23-4-2/h6-11,21H,3-5H2,1-2H3,(H,20,22). The van der Waals surface area contributed by atoms with Crippen LogP contribution in [-0.2, 0) is 6.42 Å². The Morgan fingerprint density at radius 3 is 2.52 bits per heavy atom. The summed E-state index contributed by atoms with van der Waals surface area (Å²) in [6.07, 6.45) is 2.09. The first kappa shape index (κ1) is 17.2. The predicted molar refractivity (Wildman–Crippen MR) is 92.7 cm³/mol. The molecule has 0 bridgehead atoms. The van der Waals surface area contributed by atoms with Crippen LogP contribution in [0.2, 0.25) is 5.02 Å². The summed E-state index contributed by atoms with van der Waals surface area (Å²) >= 11 is 5.95. The van der Waals surface area contributed by atoms with Crippen molar-refractivity contribution in [3.8, 4) is 11.5 Å². The zero-order valence-electron chi connectivity index (χ0n) is 13.2. The molecule has 0 aliphatic heterocycles. The van der Waals surface area contributed by atoms with Crippen LogP contribution in [-0.4, -0.2) is 17.6 Å². The molecule has 0 atom stereocenters. The van der Waals surface area contributed by atoms with Crippen molar-refractivity contribution in [3.05, 3.63) is 52.5 Å². The molecule has 0 heterocycles. The number of aromatic hydroxyl groups is 1. The van der Waals surface area contributed by atoms with Crippen molar-refractivity contribution in [2.75, 3.05) is 11.9 Å². The van der Waals surface area contributed by atoms with Gasteiger partial charge in [0.15, 0.2) is 11.5 Å². The van der Waals surface area contributed by atoms with E-state index in [1.807, 2.05) is 24.3 Å². The second-order valence-electron chi connectivity index (χ2n) is 5.14. The van der Waals surface area contributed by atoms with Crippen LogP contribution >= 0.6 is 11.6 Å². The number of aryl methyl sites for hydroxylation is 1. The van der Waals surface area contributed by atoms with E-state index in [0.717, 1.165) is 12.8 Å². The van der Waals surface area contributed by atoms with Crippen molar-refractivity contribution < 1.29 is 14.6 Å². The lowest BCUT2D eigenvalue weighted by atomic mass is 10.1. The van der Waals surface area contributed by atoms with Gasteiger partial charge in [0, 0.05) is 11.3 Å². The molecule has 0 aromatic heterocycles. The Balaban J connectivity index is 2.17. The average molecular weight is 334 g/mol. The molecule has 5 heteroatoms. The van der Waals surface area contributed by atoms with Gasteiger partial charge in [0.1, 0.15) is 0 Å². The molecule has 0 saturated heterocycles. The maximum absolute atomic E-state index is 12.3. The summed E-state index contributed by atoms with van der Waals surface area (Å²) in [5.41, 5.74) is 2.27. The fraction of sp³-hybridized carbons (Fsp3) is 0.278. The summed E-state index contributed by atoms with van der Waals surface area (Å²) in [6.45, 7) is 4.28. The van der Waals surface area contributed by atoms with E-state index in [4.69, 9.17) is 16.3 Å². The Hall–Kier alpha value is -2.20. The van der Waals surface area contributed by atoms with E-state index >= 15 is 0 Å². The van der Waals surface area contributed by atoms with E-state index in [1.54, 1.807) is 6.92 Å². The molecule has 2 aromatic carbocycles. The SMILES string of the molecule is CCCc1ccc(NC(=O)c2cc(Cl)c(O)c(OCC)c2)cc1. The maximum Gasteiger partial charge on any atom is 0.255 e. The van der Waals surface area contributed by atoms with Crippen molar-refractivity contribution in [3.63, 3.8) is 0 Å². The molecule has 2 N–H and O–H groups in total. The number of amides is 1. The zero-order chi connectivity index (χ0) is 16.8. The number of carbonyl (C=O) groups excluding carboxylic acids is 1. The number of ether oxygens (including phenoxy) is 1. The van der Waals surface area contributed by atoms with Gasteiger partial charge in [0.25, 0.3) is 5.91 Å². The molecular formula is C18H20ClNO3. The van der Waals surface area contributed by atoms with E-state index in [1.165, 1.54) is 17.7 Å². The second kappa shape index (κ2) is 7.88. The third-order valence-electron chi connectivity index (χ3n) is 3.34. The molecule has 2 rings (SSSR count). The molecule has 0 radical (unpaired) electrons. The lowest BCUT2D eigenvalue weighted by molar-refractivity contribution is 0.102. The number of rotatable bonds is 6. The molecule has 122 valence electrons.